The van der Waals surface area contributed by atoms with Crippen LogP contribution in [0.5, 0.6) is 0 Å². The zero-order chi connectivity index (χ0) is 10.5. The summed E-state index contributed by atoms with van der Waals surface area (Å²) < 4.78 is 0. The van der Waals surface area contributed by atoms with E-state index in [1.807, 2.05) is 0 Å². The van der Waals surface area contributed by atoms with Crippen LogP contribution in [0.1, 0.15) is 20.7 Å². The molecular weight excluding hydrogens is 208 g/mol. The molecule has 0 aliphatic heterocycles. The summed E-state index contributed by atoms with van der Waals surface area (Å²) in [6, 6.07) is 3.95. The average Bonchev–Trinajstić information content (AvgIpc) is 2.29. The molecule has 2 N–H and O–H groups in total. The van der Waals surface area contributed by atoms with E-state index in [4.69, 9.17) is 21.8 Å². The predicted molar refractivity (Wildman–Crippen MR) is 47.3 cm³/mol. The average molecular weight is 213 g/mol. The zero-order valence-corrected chi connectivity index (χ0v) is 7.58. The smallest absolute Gasteiger partial charge is 0.295 e. The summed E-state index contributed by atoms with van der Waals surface area (Å²) in [5, 5.41) is 18.6. The van der Waals surface area contributed by atoms with Crippen molar-refractivity contribution >= 4 is 23.2 Å². The molecule has 1 aliphatic carbocycles. The molecule has 1 aromatic rings. The van der Waals surface area contributed by atoms with E-state index < -0.39 is 17.4 Å². The third kappa shape index (κ3) is 1.02. The minimum atomic E-state index is -2.92. The van der Waals surface area contributed by atoms with Gasteiger partial charge in [0, 0.05) is 16.1 Å². The number of hydrogen-bond donors (Lipinski definition) is 2. The second kappa shape index (κ2) is 2.63. The molecule has 0 saturated carbocycles. The second-order valence-electron chi connectivity index (χ2n) is 3.02. The zero-order valence-electron chi connectivity index (χ0n) is 6.82. The Balaban J connectivity index is 2.71. The first kappa shape index (κ1) is 9.33. The van der Waals surface area contributed by atoms with Crippen molar-refractivity contribution in [1.82, 2.24) is 0 Å². The van der Waals surface area contributed by atoms with Crippen molar-refractivity contribution in [3.05, 3.63) is 34.3 Å². The summed E-state index contributed by atoms with van der Waals surface area (Å²) in [6.45, 7) is 0. The molecule has 0 aromatic heterocycles. The molecule has 0 fully saturated rings. The Kier molecular flexibility index (Phi) is 1.75. The van der Waals surface area contributed by atoms with Gasteiger partial charge in [0.15, 0.2) is 0 Å². The summed E-state index contributed by atoms with van der Waals surface area (Å²) in [7, 11) is 0. The lowest BCUT2D eigenvalue weighted by molar-refractivity contribution is -0.0857. The summed E-state index contributed by atoms with van der Waals surface area (Å²) in [6.07, 6.45) is 0. The molecule has 4 nitrogen and oxygen atoms in total. The molecule has 0 atom stereocenters. The molecule has 5 heteroatoms. The number of fused-ring (bicyclic) bond motifs is 1. The normalized spacial score (nSPS) is 18.5. The quantitative estimate of drug-likeness (QED) is 0.482. The maximum Gasteiger partial charge on any atom is 0.295 e. The van der Waals surface area contributed by atoms with Crippen LogP contribution in [0.3, 0.4) is 0 Å². The van der Waals surface area contributed by atoms with Gasteiger partial charge in [0.25, 0.3) is 5.79 Å². The van der Waals surface area contributed by atoms with E-state index in [9.17, 15) is 9.59 Å². The number of ketones is 2. The molecular formula is C9H5ClO4. The second-order valence-corrected chi connectivity index (χ2v) is 3.46. The first-order chi connectivity index (χ1) is 6.44. The maximum atomic E-state index is 11.3. The molecule has 1 aliphatic rings. The maximum absolute atomic E-state index is 11.3. The van der Waals surface area contributed by atoms with E-state index in [-0.39, 0.29) is 16.1 Å². The number of hydrogen-bond acceptors (Lipinski definition) is 4. The molecule has 0 saturated heterocycles. The molecule has 1 aromatic carbocycles. The fraction of sp³-hybridized carbons (Fsp3) is 0.111. The number of benzene rings is 1. The Labute approximate surface area is 83.7 Å². The molecule has 0 spiro atoms. The Morgan fingerprint density at radius 2 is 1.64 bits per heavy atom. The van der Waals surface area contributed by atoms with Gasteiger partial charge in [-0.05, 0) is 18.2 Å². The number of carbonyl (C=O) groups is 2. The highest BCUT2D eigenvalue weighted by molar-refractivity contribution is 6.34. The van der Waals surface area contributed by atoms with E-state index in [0.29, 0.717) is 0 Å². The van der Waals surface area contributed by atoms with Crippen molar-refractivity contribution in [3.8, 4) is 0 Å². The van der Waals surface area contributed by atoms with Gasteiger partial charge in [0.2, 0.25) is 11.6 Å². The fourth-order valence-electron chi connectivity index (χ4n) is 1.38. The minimum Gasteiger partial charge on any atom is -0.353 e. The van der Waals surface area contributed by atoms with Crippen LogP contribution in [0.4, 0.5) is 0 Å². The highest BCUT2D eigenvalue weighted by Gasteiger charge is 2.50. The third-order valence-electron chi connectivity index (χ3n) is 2.10. The lowest BCUT2D eigenvalue weighted by Gasteiger charge is -2.08. The van der Waals surface area contributed by atoms with Crippen LogP contribution in [0, 0.1) is 0 Å². The Hall–Kier alpha value is -1.23. The number of aliphatic hydroxyl groups is 2. The van der Waals surface area contributed by atoms with Crippen LogP contribution in [0.15, 0.2) is 18.2 Å². The summed E-state index contributed by atoms with van der Waals surface area (Å²) >= 11 is 5.60. The number of Topliss-reactive ketones (excluding diaryl/α,β-unsaturated/α-hetero) is 2. The number of carbonyl (C=O) groups excluding carboxylic acids is 2. The molecule has 0 heterocycles. The molecule has 0 amide bonds. The van der Waals surface area contributed by atoms with Crippen LogP contribution >= 0.6 is 11.6 Å². The third-order valence-corrected chi connectivity index (χ3v) is 2.34. The van der Waals surface area contributed by atoms with E-state index >= 15 is 0 Å². The van der Waals surface area contributed by atoms with Gasteiger partial charge in [-0.1, -0.05) is 11.6 Å². The van der Waals surface area contributed by atoms with Crippen molar-refractivity contribution in [1.29, 1.82) is 0 Å². The standard InChI is InChI=1S/C9H5ClO4/c10-4-1-2-5-6(3-4)8(12)9(13,14)7(5)11/h1-3,13-14H. The van der Waals surface area contributed by atoms with Crippen molar-refractivity contribution in [2.45, 2.75) is 5.79 Å². The Morgan fingerprint density at radius 1 is 1.07 bits per heavy atom. The van der Waals surface area contributed by atoms with Crippen molar-refractivity contribution in [2.75, 3.05) is 0 Å². The van der Waals surface area contributed by atoms with Crippen LogP contribution in [0.25, 0.3) is 0 Å². The monoisotopic (exact) mass is 212 g/mol. The van der Waals surface area contributed by atoms with Gasteiger partial charge in [-0.2, -0.15) is 0 Å². The minimum absolute atomic E-state index is 0.00981. The highest BCUT2D eigenvalue weighted by Crippen LogP contribution is 2.30. The van der Waals surface area contributed by atoms with Gasteiger partial charge in [-0.25, -0.2) is 0 Å². The van der Waals surface area contributed by atoms with Crippen molar-refractivity contribution in [2.24, 2.45) is 0 Å². The fourth-order valence-corrected chi connectivity index (χ4v) is 1.55. The Bertz CT molecular complexity index is 450. The van der Waals surface area contributed by atoms with Gasteiger partial charge in [0.05, 0.1) is 0 Å². The molecule has 0 unspecified atom stereocenters. The molecule has 2 rings (SSSR count). The van der Waals surface area contributed by atoms with Crippen LogP contribution in [0.2, 0.25) is 5.02 Å². The molecule has 0 radical (unpaired) electrons. The van der Waals surface area contributed by atoms with E-state index in [0.717, 1.165) is 0 Å². The predicted octanol–water partition coefficient (Wildman–Crippen LogP) is 0.400. The Morgan fingerprint density at radius 3 is 2.29 bits per heavy atom. The largest absolute Gasteiger partial charge is 0.353 e. The van der Waals surface area contributed by atoms with Gasteiger partial charge in [0.1, 0.15) is 0 Å². The van der Waals surface area contributed by atoms with Gasteiger partial charge < -0.3 is 10.2 Å². The van der Waals surface area contributed by atoms with Crippen molar-refractivity contribution in [3.63, 3.8) is 0 Å². The molecule has 72 valence electrons. The first-order valence-electron chi connectivity index (χ1n) is 3.78. The van der Waals surface area contributed by atoms with E-state index in [2.05, 4.69) is 0 Å². The molecule has 14 heavy (non-hydrogen) atoms. The van der Waals surface area contributed by atoms with Gasteiger partial charge in [-0.3, -0.25) is 9.59 Å². The SMILES string of the molecule is O=C1c2ccc(Cl)cc2C(=O)C1(O)O. The van der Waals surface area contributed by atoms with Crippen LogP contribution in [-0.2, 0) is 0 Å². The summed E-state index contributed by atoms with van der Waals surface area (Å²) in [4.78, 5) is 22.6. The first-order valence-corrected chi connectivity index (χ1v) is 4.16. The topological polar surface area (TPSA) is 74.6 Å². The lowest BCUT2D eigenvalue weighted by atomic mass is 10.1. The van der Waals surface area contributed by atoms with Crippen LogP contribution < -0.4 is 0 Å². The van der Waals surface area contributed by atoms with Gasteiger partial charge >= 0.3 is 0 Å². The highest BCUT2D eigenvalue weighted by atomic mass is 35.5. The number of halogens is 1. The van der Waals surface area contributed by atoms with E-state index in [1.165, 1.54) is 18.2 Å². The summed E-state index contributed by atoms with van der Waals surface area (Å²) in [5.41, 5.74) is -0.0584. The number of rotatable bonds is 0. The summed E-state index contributed by atoms with van der Waals surface area (Å²) in [5.74, 6) is -4.96. The van der Waals surface area contributed by atoms with E-state index in [1.54, 1.807) is 0 Å². The van der Waals surface area contributed by atoms with Crippen LogP contribution in [-0.4, -0.2) is 27.6 Å². The van der Waals surface area contributed by atoms with Crippen molar-refractivity contribution < 1.29 is 19.8 Å². The van der Waals surface area contributed by atoms with Gasteiger partial charge in [-0.15, -0.1) is 0 Å². The lowest BCUT2D eigenvalue weighted by Crippen LogP contribution is -2.40. The molecule has 0 bridgehead atoms.